The van der Waals surface area contributed by atoms with Gasteiger partial charge in [-0.05, 0) is 18.1 Å². The second-order valence-corrected chi connectivity index (χ2v) is 7.69. The SMILES string of the molecule is CCC1CN(C(=O)Nc2cccnc2N2CCOCC2)CC1N1CCOCC1. The number of likely N-dealkylation sites (tertiary alicyclic amines) is 1. The molecule has 1 N–H and O–H groups in total. The third-order valence-electron chi connectivity index (χ3n) is 6.07. The molecule has 154 valence electrons. The Balaban J connectivity index is 1.42. The van der Waals surface area contributed by atoms with Crippen molar-refractivity contribution in [1.82, 2.24) is 14.8 Å². The summed E-state index contributed by atoms with van der Waals surface area (Å²) in [4.78, 5) is 24.2. The normalized spacial score (nSPS) is 26.5. The van der Waals surface area contributed by atoms with E-state index >= 15 is 0 Å². The van der Waals surface area contributed by atoms with E-state index in [2.05, 4.69) is 27.0 Å². The number of aromatic nitrogens is 1. The minimum atomic E-state index is -0.0308. The molecule has 0 bridgehead atoms. The quantitative estimate of drug-likeness (QED) is 0.842. The van der Waals surface area contributed by atoms with Gasteiger partial charge in [0, 0.05) is 51.5 Å². The van der Waals surface area contributed by atoms with Crippen molar-refractivity contribution in [3.05, 3.63) is 18.3 Å². The highest BCUT2D eigenvalue weighted by Gasteiger charge is 2.38. The largest absolute Gasteiger partial charge is 0.379 e. The molecule has 3 fully saturated rings. The zero-order valence-corrected chi connectivity index (χ0v) is 16.7. The van der Waals surface area contributed by atoms with Crippen LogP contribution < -0.4 is 10.2 Å². The Bertz CT molecular complexity index is 661. The molecule has 3 aliphatic heterocycles. The van der Waals surface area contributed by atoms with Crippen LogP contribution >= 0.6 is 0 Å². The number of carbonyl (C=O) groups excluding carboxylic acids is 1. The van der Waals surface area contributed by atoms with Crippen LogP contribution in [0.3, 0.4) is 0 Å². The van der Waals surface area contributed by atoms with Crippen LogP contribution in [0.1, 0.15) is 13.3 Å². The maximum absolute atomic E-state index is 13.0. The fourth-order valence-electron chi connectivity index (χ4n) is 4.46. The highest BCUT2D eigenvalue weighted by molar-refractivity contribution is 5.92. The molecular formula is C20H31N5O3. The van der Waals surface area contributed by atoms with Crippen LogP contribution in [0.5, 0.6) is 0 Å². The molecule has 1 aromatic rings. The number of carbonyl (C=O) groups is 1. The average Bonchev–Trinajstić information content (AvgIpc) is 3.20. The first kappa shape index (κ1) is 19.4. The number of urea groups is 1. The molecule has 0 aliphatic carbocycles. The standard InChI is InChI=1S/C20H31N5O3/c1-2-16-14-25(15-18(16)23-6-10-27-11-7-23)20(26)22-17-4-3-5-21-19(17)24-8-12-28-13-9-24/h3-5,16,18H,2,6-15H2,1H3,(H,22,26). The van der Waals surface area contributed by atoms with Crippen molar-refractivity contribution in [2.24, 2.45) is 5.92 Å². The lowest BCUT2D eigenvalue weighted by atomic mass is 9.99. The van der Waals surface area contributed by atoms with Gasteiger partial charge in [-0.1, -0.05) is 13.3 Å². The predicted molar refractivity (Wildman–Crippen MR) is 108 cm³/mol. The molecule has 0 radical (unpaired) electrons. The fraction of sp³-hybridized carbons (Fsp3) is 0.700. The third kappa shape index (κ3) is 4.24. The van der Waals surface area contributed by atoms with Gasteiger partial charge in [-0.15, -0.1) is 0 Å². The molecule has 4 rings (SSSR count). The van der Waals surface area contributed by atoms with E-state index in [1.165, 1.54) is 0 Å². The van der Waals surface area contributed by atoms with Gasteiger partial charge in [0.05, 0.1) is 32.1 Å². The van der Waals surface area contributed by atoms with Crippen molar-refractivity contribution in [2.75, 3.05) is 75.9 Å². The van der Waals surface area contributed by atoms with Gasteiger partial charge in [-0.3, -0.25) is 4.90 Å². The van der Waals surface area contributed by atoms with Crippen molar-refractivity contribution in [2.45, 2.75) is 19.4 Å². The maximum Gasteiger partial charge on any atom is 0.322 e. The number of pyridine rings is 1. The summed E-state index contributed by atoms with van der Waals surface area (Å²) < 4.78 is 10.9. The van der Waals surface area contributed by atoms with E-state index in [0.717, 1.165) is 70.4 Å². The fourth-order valence-corrected chi connectivity index (χ4v) is 4.46. The lowest BCUT2D eigenvalue weighted by Gasteiger charge is -2.34. The molecule has 3 aliphatic rings. The molecule has 8 heteroatoms. The molecule has 2 atom stereocenters. The van der Waals surface area contributed by atoms with E-state index in [1.54, 1.807) is 6.20 Å². The number of ether oxygens (including phenoxy) is 2. The predicted octanol–water partition coefficient (Wildman–Crippen LogP) is 1.49. The average molecular weight is 390 g/mol. The van der Waals surface area contributed by atoms with Crippen LogP contribution in [0.4, 0.5) is 16.3 Å². The molecule has 8 nitrogen and oxygen atoms in total. The third-order valence-corrected chi connectivity index (χ3v) is 6.07. The number of morpholine rings is 2. The summed E-state index contributed by atoms with van der Waals surface area (Å²) in [5.74, 6) is 1.34. The molecule has 2 unspecified atom stereocenters. The van der Waals surface area contributed by atoms with Crippen molar-refractivity contribution < 1.29 is 14.3 Å². The lowest BCUT2D eigenvalue weighted by Crippen LogP contribution is -2.47. The Morgan fingerprint density at radius 2 is 1.86 bits per heavy atom. The van der Waals surface area contributed by atoms with E-state index < -0.39 is 0 Å². The topological polar surface area (TPSA) is 70.2 Å². The highest BCUT2D eigenvalue weighted by atomic mass is 16.5. The van der Waals surface area contributed by atoms with Crippen LogP contribution in [0.2, 0.25) is 0 Å². The molecule has 0 spiro atoms. The Hall–Kier alpha value is -1.90. The summed E-state index contributed by atoms with van der Waals surface area (Å²) in [5, 5.41) is 3.12. The van der Waals surface area contributed by atoms with Gasteiger partial charge in [0.2, 0.25) is 0 Å². The van der Waals surface area contributed by atoms with E-state index in [9.17, 15) is 4.79 Å². The lowest BCUT2D eigenvalue weighted by molar-refractivity contribution is 0.0106. The van der Waals surface area contributed by atoms with Gasteiger partial charge in [0.15, 0.2) is 5.82 Å². The van der Waals surface area contributed by atoms with E-state index in [1.807, 2.05) is 17.0 Å². The van der Waals surface area contributed by atoms with Gasteiger partial charge >= 0.3 is 6.03 Å². The number of nitrogens with zero attached hydrogens (tertiary/aromatic N) is 4. The molecule has 0 aromatic carbocycles. The van der Waals surface area contributed by atoms with Crippen molar-refractivity contribution in [1.29, 1.82) is 0 Å². The summed E-state index contributed by atoms with van der Waals surface area (Å²) >= 11 is 0. The number of amides is 2. The molecule has 1 aromatic heterocycles. The van der Waals surface area contributed by atoms with Gasteiger partial charge < -0.3 is 24.6 Å². The molecule has 3 saturated heterocycles. The molecule has 2 amide bonds. The number of anilines is 2. The minimum absolute atomic E-state index is 0.0308. The first-order chi connectivity index (χ1) is 13.8. The summed E-state index contributed by atoms with van der Waals surface area (Å²) in [6.45, 7) is 10.3. The van der Waals surface area contributed by atoms with Crippen molar-refractivity contribution >= 4 is 17.5 Å². The summed E-state index contributed by atoms with van der Waals surface area (Å²) in [7, 11) is 0. The number of rotatable bonds is 4. The monoisotopic (exact) mass is 389 g/mol. The second-order valence-electron chi connectivity index (χ2n) is 7.69. The van der Waals surface area contributed by atoms with Gasteiger partial charge in [-0.2, -0.15) is 0 Å². The van der Waals surface area contributed by atoms with Crippen LogP contribution in [-0.4, -0.2) is 92.6 Å². The van der Waals surface area contributed by atoms with Crippen molar-refractivity contribution in [3.8, 4) is 0 Å². The molecule has 0 saturated carbocycles. The molecular weight excluding hydrogens is 358 g/mol. The van der Waals surface area contributed by atoms with E-state index in [-0.39, 0.29) is 6.03 Å². The van der Waals surface area contributed by atoms with Crippen LogP contribution in [0, 0.1) is 5.92 Å². The summed E-state index contributed by atoms with van der Waals surface area (Å²) in [5.41, 5.74) is 0.775. The van der Waals surface area contributed by atoms with Gasteiger partial charge in [-0.25, -0.2) is 9.78 Å². The first-order valence-corrected chi connectivity index (χ1v) is 10.4. The van der Waals surface area contributed by atoms with E-state index in [0.29, 0.717) is 25.2 Å². The summed E-state index contributed by atoms with van der Waals surface area (Å²) in [6.07, 6.45) is 2.86. The Morgan fingerprint density at radius 1 is 1.14 bits per heavy atom. The molecule has 4 heterocycles. The summed E-state index contributed by atoms with van der Waals surface area (Å²) in [6, 6.07) is 4.20. The smallest absolute Gasteiger partial charge is 0.322 e. The van der Waals surface area contributed by atoms with Gasteiger partial charge in [0.25, 0.3) is 0 Å². The number of hydrogen-bond acceptors (Lipinski definition) is 6. The van der Waals surface area contributed by atoms with Crippen molar-refractivity contribution in [3.63, 3.8) is 0 Å². The highest BCUT2D eigenvalue weighted by Crippen LogP contribution is 2.28. The minimum Gasteiger partial charge on any atom is -0.379 e. The Morgan fingerprint density at radius 3 is 2.57 bits per heavy atom. The Kier molecular flexibility index (Phi) is 6.29. The first-order valence-electron chi connectivity index (χ1n) is 10.4. The number of nitrogens with one attached hydrogen (secondary N) is 1. The maximum atomic E-state index is 13.0. The van der Waals surface area contributed by atoms with E-state index in [4.69, 9.17) is 9.47 Å². The second kappa shape index (κ2) is 9.07. The van der Waals surface area contributed by atoms with Crippen LogP contribution in [0.25, 0.3) is 0 Å². The molecule has 28 heavy (non-hydrogen) atoms. The number of hydrogen-bond donors (Lipinski definition) is 1. The zero-order chi connectivity index (χ0) is 19.3. The zero-order valence-electron chi connectivity index (χ0n) is 16.7. The Labute approximate surface area is 166 Å². The van der Waals surface area contributed by atoms with Gasteiger partial charge in [0.1, 0.15) is 0 Å². The van der Waals surface area contributed by atoms with Crippen LogP contribution in [-0.2, 0) is 9.47 Å². The van der Waals surface area contributed by atoms with Crippen LogP contribution in [0.15, 0.2) is 18.3 Å².